The number of carbonyl (C=O) groups is 5. The van der Waals surface area contributed by atoms with Crippen molar-refractivity contribution in [2.75, 3.05) is 0 Å². The van der Waals surface area contributed by atoms with E-state index in [1.807, 2.05) is 12.1 Å². The molecule has 3 aromatic carbocycles. The van der Waals surface area contributed by atoms with Crippen LogP contribution in [0.4, 0.5) is 0 Å². The summed E-state index contributed by atoms with van der Waals surface area (Å²) in [5, 5.41) is 0. The normalized spacial score (nSPS) is 15.6. The Hall–Kier alpha value is -4.87. The average molecular weight is 671 g/mol. The highest BCUT2D eigenvalue weighted by Gasteiger charge is 2.53. The van der Waals surface area contributed by atoms with E-state index in [0.717, 1.165) is 0 Å². The molecule has 0 saturated heterocycles. The molecule has 0 amide bonds. The van der Waals surface area contributed by atoms with Crippen LogP contribution in [0.25, 0.3) is 0 Å². The van der Waals surface area contributed by atoms with Gasteiger partial charge in [-0.1, -0.05) is 42.5 Å². The summed E-state index contributed by atoms with van der Waals surface area (Å²) in [7, 11) is 0. The summed E-state index contributed by atoms with van der Waals surface area (Å²) < 4.78 is 23.2. The molecule has 0 radical (unpaired) electrons. The van der Waals surface area contributed by atoms with Gasteiger partial charge >= 0.3 is 17.9 Å². The van der Waals surface area contributed by atoms with Crippen LogP contribution in [0.3, 0.4) is 0 Å². The number of benzene rings is 3. The summed E-state index contributed by atoms with van der Waals surface area (Å²) >= 11 is 0. The van der Waals surface area contributed by atoms with Crippen LogP contribution in [0.1, 0.15) is 92.6 Å². The fraction of sp³-hybridized carbons (Fsp3) is 0.395. The molecule has 5 rings (SSSR count). The van der Waals surface area contributed by atoms with Gasteiger partial charge in [0.1, 0.15) is 22.7 Å². The number of fused-ring (bicyclic) bond motifs is 6. The molecule has 0 fully saturated rings. The lowest BCUT2D eigenvalue weighted by Gasteiger charge is -2.37. The molecule has 4 N–H and O–H groups in total. The topological polar surface area (TPSA) is 174 Å². The molecule has 1 spiro atoms. The number of ketones is 2. The zero-order valence-electron chi connectivity index (χ0n) is 28.6. The van der Waals surface area contributed by atoms with Gasteiger partial charge in [-0.2, -0.15) is 0 Å². The van der Waals surface area contributed by atoms with Gasteiger partial charge in [0.2, 0.25) is 0 Å². The molecule has 49 heavy (non-hydrogen) atoms. The van der Waals surface area contributed by atoms with E-state index >= 15 is 0 Å². The molecule has 258 valence electrons. The third kappa shape index (κ3) is 7.73. The number of hydrogen-bond donors (Lipinski definition) is 2. The molecule has 2 atom stereocenters. The Morgan fingerprint density at radius 2 is 1.14 bits per heavy atom. The van der Waals surface area contributed by atoms with E-state index in [2.05, 4.69) is 0 Å². The first kappa shape index (κ1) is 35.4. The predicted octanol–water partition coefficient (Wildman–Crippen LogP) is 4.60. The third-order valence-electron chi connectivity index (χ3n) is 8.04. The molecule has 0 saturated carbocycles. The highest BCUT2D eigenvalue weighted by molar-refractivity contribution is 5.97. The zero-order chi connectivity index (χ0) is 35.9. The minimum atomic E-state index is -1.36. The van der Waals surface area contributed by atoms with Gasteiger partial charge in [-0.25, -0.2) is 4.79 Å². The molecule has 0 aromatic heterocycles. The van der Waals surface area contributed by atoms with Gasteiger partial charge in [0, 0.05) is 29.5 Å². The van der Waals surface area contributed by atoms with Crippen molar-refractivity contribution in [2.24, 2.45) is 11.5 Å². The molecule has 0 unspecified atom stereocenters. The van der Waals surface area contributed by atoms with Crippen LogP contribution in [0.5, 0.6) is 11.5 Å². The monoisotopic (exact) mass is 670 g/mol. The van der Waals surface area contributed by atoms with Gasteiger partial charge in [0.15, 0.2) is 17.2 Å². The van der Waals surface area contributed by atoms with Crippen molar-refractivity contribution in [1.29, 1.82) is 0 Å². The lowest BCUT2D eigenvalue weighted by Crippen LogP contribution is -2.37. The summed E-state index contributed by atoms with van der Waals surface area (Å²) in [6.45, 7) is 10.4. The van der Waals surface area contributed by atoms with Crippen molar-refractivity contribution in [3.05, 3.63) is 94.0 Å². The lowest BCUT2D eigenvalue weighted by atomic mass is 9.77. The summed E-state index contributed by atoms with van der Waals surface area (Å²) in [5.74, 6) is -1.68. The minimum Gasteiger partial charge on any atom is -0.460 e. The number of ether oxygens (including phenoxy) is 4. The Morgan fingerprint density at radius 3 is 1.59 bits per heavy atom. The van der Waals surface area contributed by atoms with Crippen molar-refractivity contribution in [3.63, 3.8) is 0 Å². The van der Waals surface area contributed by atoms with E-state index < -0.39 is 46.8 Å². The number of nitrogens with two attached hydrogens (primary N) is 2. The highest BCUT2D eigenvalue weighted by atomic mass is 16.6. The molecule has 2 aliphatic rings. The maximum Gasteiger partial charge on any atom is 0.340 e. The molecule has 3 aromatic rings. The molecule has 2 heterocycles. The maximum absolute atomic E-state index is 13.2. The van der Waals surface area contributed by atoms with Gasteiger partial charge in [-0.3, -0.25) is 19.2 Å². The maximum atomic E-state index is 13.2. The number of rotatable bonds is 10. The smallest absolute Gasteiger partial charge is 0.340 e. The van der Waals surface area contributed by atoms with E-state index in [9.17, 15) is 24.0 Å². The molecular formula is C38H42N2O9. The average Bonchev–Trinajstić information content (AvgIpc) is 3.27. The molecular weight excluding hydrogens is 628 g/mol. The fourth-order valence-electron chi connectivity index (χ4n) is 6.00. The summed E-state index contributed by atoms with van der Waals surface area (Å²) in [5.41, 5.74) is 12.7. The standard InChI is InChI=1S/C38H42N2O9/c1-36(2,3)47-33(43)19-27(39)29(41)15-21-11-13-25-31(17-21)46-32-18-22(16-30(42)28(40)20-34(44)48-37(4,5)6)12-14-26(32)38(25)24-10-8-7-9-23(24)35(45)49-38/h7-14,17-18,27-28H,15-16,19-20,39-40H2,1-6H3/t27-,28-/m0/s1. The van der Waals surface area contributed by atoms with Gasteiger partial charge in [-0.15, -0.1) is 0 Å². The quantitative estimate of drug-likeness (QED) is 0.228. The van der Waals surface area contributed by atoms with Crippen LogP contribution >= 0.6 is 0 Å². The first-order chi connectivity index (χ1) is 22.9. The van der Waals surface area contributed by atoms with Crippen LogP contribution < -0.4 is 16.2 Å². The van der Waals surface area contributed by atoms with E-state index in [1.54, 1.807) is 90.1 Å². The van der Waals surface area contributed by atoms with Gasteiger partial charge in [0.05, 0.1) is 30.5 Å². The Bertz CT molecular complexity index is 1730. The molecule has 11 heteroatoms. The summed E-state index contributed by atoms with van der Waals surface area (Å²) in [6.07, 6.45) is -0.685. The second-order valence-electron chi connectivity index (χ2n) is 14.5. The number of carbonyl (C=O) groups excluding carboxylic acids is 5. The van der Waals surface area contributed by atoms with Crippen molar-refractivity contribution in [3.8, 4) is 11.5 Å². The predicted molar refractivity (Wildman–Crippen MR) is 179 cm³/mol. The van der Waals surface area contributed by atoms with Crippen LogP contribution in [-0.4, -0.2) is 52.8 Å². The Kier molecular flexibility index (Phi) is 9.55. The first-order valence-electron chi connectivity index (χ1n) is 16.1. The molecule has 0 bridgehead atoms. The first-order valence-corrected chi connectivity index (χ1v) is 16.1. The molecule has 0 aliphatic carbocycles. The Morgan fingerprint density at radius 1 is 0.694 bits per heavy atom. The molecule has 11 nitrogen and oxygen atoms in total. The van der Waals surface area contributed by atoms with E-state index in [-0.39, 0.29) is 37.2 Å². The third-order valence-corrected chi connectivity index (χ3v) is 8.04. The molecule has 2 aliphatic heterocycles. The SMILES string of the molecule is CC(C)(C)OC(=O)C[C@H](N)C(=O)Cc1ccc2c(c1)Oc1cc(CC(=O)[C@@H](N)CC(=O)OC(C)(C)C)ccc1C21OC(=O)c2ccccc21. The van der Waals surface area contributed by atoms with Gasteiger partial charge in [0.25, 0.3) is 0 Å². The Balaban J connectivity index is 1.44. The van der Waals surface area contributed by atoms with Crippen LogP contribution in [0.2, 0.25) is 0 Å². The van der Waals surface area contributed by atoms with E-state index in [1.165, 1.54) is 0 Å². The van der Waals surface area contributed by atoms with E-state index in [4.69, 9.17) is 30.4 Å². The lowest BCUT2D eigenvalue weighted by molar-refractivity contribution is -0.156. The largest absolute Gasteiger partial charge is 0.460 e. The second-order valence-corrected chi connectivity index (χ2v) is 14.5. The highest BCUT2D eigenvalue weighted by Crippen LogP contribution is 2.56. The zero-order valence-corrected chi connectivity index (χ0v) is 28.6. The van der Waals surface area contributed by atoms with Crippen molar-refractivity contribution >= 4 is 29.5 Å². The fourth-order valence-corrected chi connectivity index (χ4v) is 6.00. The Labute approximate surface area is 285 Å². The van der Waals surface area contributed by atoms with Crippen molar-refractivity contribution in [1.82, 2.24) is 0 Å². The number of Topliss-reactive ketones (excluding diaryl/α,β-unsaturated/α-hetero) is 2. The van der Waals surface area contributed by atoms with Crippen LogP contribution in [0, 0.1) is 0 Å². The summed E-state index contributed by atoms with van der Waals surface area (Å²) in [6, 6.07) is 15.3. The number of hydrogen-bond acceptors (Lipinski definition) is 11. The second kappa shape index (κ2) is 13.2. The summed E-state index contributed by atoms with van der Waals surface area (Å²) in [4.78, 5) is 63.9. The van der Waals surface area contributed by atoms with Gasteiger partial charge < -0.3 is 30.4 Å². The van der Waals surface area contributed by atoms with Crippen LogP contribution in [-0.2, 0) is 51.8 Å². The van der Waals surface area contributed by atoms with Crippen LogP contribution in [0.15, 0.2) is 60.7 Å². The minimum absolute atomic E-state index is 0.0824. The van der Waals surface area contributed by atoms with Gasteiger partial charge in [-0.05, 0) is 70.9 Å². The number of esters is 3. The van der Waals surface area contributed by atoms with Crippen molar-refractivity contribution in [2.45, 2.75) is 96.1 Å². The van der Waals surface area contributed by atoms with Crippen molar-refractivity contribution < 1.29 is 42.9 Å². The van der Waals surface area contributed by atoms with E-state index in [0.29, 0.717) is 44.9 Å².